The molecule has 2 saturated heterocycles. The molecule has 3 heterocycles. The van der Waals surface area contributed by atoms with E-state index < -0.39 is 22.9 Å². The summed E-state index contributed by atoms with van der Waals surface area (Å²) in [5, 5.41) is 6.30. The molecule has 1 aromatic heterocycles. The number of anilines is 1. The molecule has 2 fully saturated rings. The Morgan fingerprint density at radius 2 is 1.96 bits per heavy atom. The number of ether oxygens (including phenoxy) is 1. The molecule has 138 valence electrons. The van der Waals surface area contributed by atoms with Crippen molar-refractivity contribution in [3.63, 3.8) is 0 Å². The van der Waals surface area contributed by atoms with Crippen LogP contribution in [0.4, 0.5) is 19.1 Å². The molecule has 2 aliphatic heterocycles. The van der Waals surface area contributed by atoms with Crippen molar-refractivity contribution < 1.29 is 22.7 Å². The van der Waals surface area contributed by atoms with Crippen molar-refractivity contribution in [2.24, 2.45) is 0 Å². The summed E-state index contributed by atoms with van der Waals surface area (Å²) in [7, 11) is 0. The number of nitrogens with one attached hydrogen (secondary N) is 2. The Morgan fingerprint density at radius 1 is 1.32 bits per heavy atom. The Balaban J connectivity index is 1.76. The van der Waals surface area contributed by atoms with Crippen molar-refractivity contribution in [2.75, 3.05) is 5.32 Å². The first-order valence-corrected chi connectivity index (χ1v) is 8.16. The minimum Gasteiger partial charge on any atom is -0.459 e. The molecule has 3 atom stereocenters. The van der Waals surface area contributed by atoms with Crippen molar-refractivity contribution in [1.29, 1.82) is 0 Å². The zero-order valence-electron chi connectivity index (χ0n) is 14.3. The lowest BCUT2D eigenvalue weighted by molar-refractivity contribution is -0.162. The highest BCUT2D eigenvalue weighted by molar-refractivity contribution is 5.84. The molecule has 0 amide bonds. The third kappa shape index (κ3) is 3.56. The normalized spacial score (nSPS) is 28.9. The number of halogens is 3. The first-order chi connectivity index (χ1) is 11.5. The maximum absolute atomic E-state index is 12.7. The summed E-state index contributed by atoms with van der Waals surface area (Å²) in [4.78, 5) is 20.2. The molecule has 1 aromatic rings. The topological polar surface area (TPSA) is 76.1 Å². The molecule has 6 nitrogen and oxygen atoms in total. The minimum absolute atomic E-state index is 0.0651. The summed E-state index contributed by atoms with van der Waals surface area (Å²) >= 11 is 0. The van der Waals surface area contributed by atoms with Crippen molar-refractivity contribution in [3.05, 3.63) is 18.0 Å². The van der Waals surface area contributed by atoms with Crippen LogP contribution in [0.1, 0.15) is 45.6 Å². The highest BCUT2D eigenvalue weighted by atomic mass is 19.4. The number of carbonyl (C=O) groups excluding carboxylic acids is 1. The van der Waals surface area contributed by atoms with Gasteiger partial charge in [0.1, 0.15) is 11.1 Å². The van der Waals surface area contributed by atoms with Gasteiger partial charge in [0.25, 0.3) is 0 Å². The summed E-state index contributed by atoms with van der Waals surface area (Å²) in [5.74, 6) is -0.292. The zero-order valence-corrected chi connectivity index (χ0v) is 14.3. The number of fused-ring (bicyclic) bond motifs is 2. The number of alkyl halides is 3. The maximum atomic E-state index is 12.7. The lowest BCUT2D eigenvalue weighted by atomic mass is 9.83. The molecule has 0 aromatic carbocycles. The molecule has 2 aliphatic rings. The van der Waals surface area contributed by atoms with Crippen molar-refractivity contribution >= 4 is 11.9 Å². The van der Waals surface area contributed by atoms with E-state index in [9.17, 15) is 18.0 Å². The number of hydrogen-bond donors (Lipinski definition) is 2. The molecule has 0 saturated carbocycles. The highest BCUT2D eigenvalue weighted by Gasteiger charge is 2.58. The van der Waals surface area contributed by atoms with Gasteiger partial charge < -0.3 is 10.1 Å². The fraction of sp³-hybridized carbons (Fsp3) is 0.688. The Labute approximate surface area is 143 Å². The van der Waals surface area contributed by atoms with Crippen LogP contribution in [0, 0.1) is 0 Å². The smallest absolute Gasteiger partial charge is 0.419 e. The van der Waals surface area contributed by atoms with E-state index in [4.69, 9.17) is 4.74 Å². The summed E-state index contributed by atoms with van der Waals surface area (Å²) in [5.41, 5.74) is -2.43. The molecule has 2 bridgehead atoms. The van der Waals surface area contributed by atoms with E-state index in [1.807, 2.05) is 0 Å². The van der Waals surface area contributed by atoms with Crippen LogP contribution in [-0.2, 0) is 15.7 Å². The summed E-state index contributed by atoms with van der Waals surface area (Å²) in [6.07, 6.45) is -0.906. The van der Waals surface area contributed by atoms with Gasteiger partial charge in [-0.3, -0.25) is 5.32 Å². The van der Waals surface area contributed by atoms with Gasteiger partial charge in [-0.05, 0) is 40.0 Å². The third-order valence-electron chi connectivity index (χ3n) is 4.51. The van der Waals surface area contributed by atoms with Crippen LogP contribution in [0.15, 0.2) is 12.4 Å². The molecule has 3 rings (SSSR count). The van der Waals surface area contributed by atoms with Gasteiger partial charge in [0, 0.05) is 18.4 Å². The van der Waals surface area contributed by atoms with E-state index in [1.54, 1.807) is 20.8 Å². The monoisotopic (exact) mass is 358 g/mol. The van der Waals surface area contributed by atoms with Crippen LogP contribution < -0.4 is 10.6 Å². The van der Waals surface area contributed by atoms with E-state index in [0.29, 0.717) is 12.8 Å². The predicted octanol–water partition coefficient (Wildman–Crippen LogP) is 2.51. The second-order valence-electron chi connectivity index (χ2n) is 7.58. The molecule has 0 radical (unpaired) electrons. The predicted molar refractivity (Wildman–Crippen MR) is 83.8 cm³/mol. The SMILES string of the molecule is CC(C)(C)OC(=O)[C@]12CC[C@H](C[C@H]1Nc1ncc(C(F)(F)F)cn1)N2. The van der Waals surface area contributed by atoms with Crippen LogP contribution in [0.5, 0.6) is 0 Å². The highest BCUT2D eigenvalue weighted by Crippen LogP contribution is 2.40. The molecule has 9 heteroatoms. The van der Waals surface area contributed by atoms with Crippen LogP contribution in [0.2, 0.25) is 0 Å². The number of carbonyl (C=O) groups is 1. The van der Waals surface area contributed by atoms with Crippen molar-refractivity contribution in [3.8, 4) is 0 Å². The van der Waals surface area contributed by atoms with Gasteiger partial charge in [0.2, 0.25) is 5.95 Å². The maximum Gasteiger partial charge on any atom is 0.419 e. The summed E-state index contributed by atoms with van der Waals surface area (Å²) in [6, 6.07) is -0.169. The van der Waals surface area contributed by atoms with Gasteiger partial charge in [0.05, 0.1) is 11.6 Å². The molecular weight excluding hydrogens is 337 g/mol. The van der Waals surface area contributed by atoms with Gasteiger partial charge >= 0.3 is 12.1 Å². The number of aromatic nitrogens is 2. The summed E-state index contributed by atoms with van der Waals surface area (Å²) in [6.45, 7) is 5.39. The number of rotatable bonds is 3. The van der Waals surface area contributed by atoms with Gasteiger partial charge in [-0.2, -0.15) is 13.2 Å². The molecule has 25 heavy (non-hydrogen) atoms. The Kier molecular flexibility index (Phi) is 4.17. The largest absolute Gasteiger partial charge is 0.459 e. The van der Waals surface area contributed by atoms with E-state index in [-0.39, 0.29) is 24.0 Å². The lowest BCUT2D eigenvalue weighted by Crippen LogP contribution is -2.57. The quantitative estimate of drug-likeness (QED) is 0.809. The Bertz CT molecular complexity index is 657. The zero-order chi connectivity index (χ0) is 18.5. The van der Waals surface area contributed by atoms with Crippen LogP contribution in [0.25, 0.3) is 0 Å². The van der Waals surface area contributed by atoms with Gasteiger partial charge in [-0.15, -0.1) is 0 Å². The fourth-order valence-electron chi connectivity index (χ4n) is 3.41. The van der Waals surface area contributed by atoms with Crippen LogP contribution in [0.3, 0.4) is 0 Å². The van der Waals surface area contributed by atoms with Crippen molar-refractivity contribution in [1.82, 2.24) is 15.3 Å². The number of esters is 1. The Morgan fingerprint density at radius 3 is 2.48 bits per heavy atom. The molecule has 0 spiro atoms. The second kappa shape index (κ2) is 5.82. The van der Waals surface area contributed by atoms with Gasteiger partial charge in [0.15, 0.2) is 0 Å². The summed E-state index contributed by atoms with van der Waals surface area (Å²) < 4.78 is 43.3. The minimum atomic E-state index is -4.48. The van der Waals surface area contributed by atoms with Crippen LogP contribution in [-0.4, -0.2) is 39.2 Å². The average Bonchev–Trinajstić information content (AvgIpc) is 3.04. The van der Waals surface area contributed by atoms with E-state index in [2.05, 4.69) is 20.6 Å². The lowest BCUT2D eigenvalue weighted by Gasteiger charge is -2.35. The van der Waals surface area contributed by atoms with E-state index >= 15 is 0 Å². The molecule has 2 N–H and O–H groups in total. The molecule has 0 unspecified atom stereocenters. The van der Waals surface area contributed by atoms with Gasteiger partial charge in [-0.25, -0.2) is 14.8 Å². The third-order valence-corrected chi connectivity index (χ3v) is 4.51. The molecular formula is C16H21F3N4O2. The Hall–Kier alpha value is -1.90. The fourth-order valence-corrected chi connectivity index (χ4v) is 3.41. The number of hydrogen-bond acceptors (Lipinski definition) is 6. The number of nitrogens with zero attached hydrogens (tertiary/aromatic N) is 2. The standard InChI is InChI=1S/C16H21F3N4O2/c1-14(2,3)25-12(24)15-5-4-10(23-15)6-11(15)22-13-20-7-9(8-21-13)16(17,18)19/h7-8,10-11,23H,4-6H2,1-3H3,(H,20,21,22)/t10-,11-,15+/m1/s1. The second-order valence-corrected chi connectivity index (χ2v) is 7.58. The first kappa shape index (κ1) is 17.9. The average molecular weight is 358 g/mol. The van der Waals surface area contributed by atoms with E-state index in [1.165, 1.54) is 0 Å². The van der Waals surface area contributed by atoms with Crippen molar-refractivity contribution in [2.45, 2.75) is 69.4 Å². The first-order valence-electron chi connectivity index (χ1n) is 8.16. The van der Waals surface area contributed by atoms with Crippen LogP contribution >= 0.6 is 0 Å². The molecule has 0 aliphatic carbocycles. The van der Waals surface area contributed by atoms with Gasteiger partial charge in [-0.1, -0.05) is 0 Å². The van der Waals surface area contributed by atoms with E-state index in [0.717, 1.165) is 18.8 Å².